The molecule has 0 spiro atoms. The minimum absolute atomic E-state index is 0.0560. The van der Waals surface area contributed by atoms with Crippen molar-refractivity contribution in [2.45, 2.75) is 71.7 Å². The highest BCUT2D eigenvalue weighted by atomic mass is 16.5. The number of amides is 1. The monoisotopic (exact) mass is 283 g/mol. The third-order valence-electron chi connectivity index (χ3n) is 4.46. The van der Waals surface area contributed by atoms with E-state index >= 15 is 0 Å². The van der Waals surface area contributed by atoms with E-state index in [1.165, 1.54) is 0 Å². The van der Waals surface area contributed by atoms with Crippen LogP contribution < -0.4 is 5.32 Å². The molecular formula is C16H29NO3. The summed E-state index contributed by atoms with van der Waals surface area (Å²) in [4.78, 5) is 12.1. The second-order valence-electron chi connectivity index (χ2n) is 7.18. The fourth-order valence-electron chi connectivity index (χ4n) is 3.34. The zero-order valence-corrected chi connectivity index (χ0v) is 13.3. The molecule has 2 aliphatic rings. The summed E-state index contributed by atoms with van der Waals surface area (Å²) in [5.74, 6) is 0.475. The van der Waals surface area contributed by atoms with E-state index in [0.29, 0.717) is 12.5 Å². The number of hydrogen-bond acceptors (Lipinski definition) is 3. The first-order valence-corrected chi connectivity index (χ1v) is 7.96. The van der Waals surface area contributed by atoms with Crippen molar-refractivity contribution in [2.75, 3.05) is 13.2 Å². The van der Waals surface area contributed by atoms with Crippen molar-refractivity contribution < 1.29 is 14.3 Å². The molecule has 0 radical (unpaired) electrons. The van der Waals surface area contributed by atoms with Crippen molar-refractivity contribution in [1.29, 1.82) is 0 Å². The molecule has 20 heavy (non-hydrogen) atoms. The highest BCUT2D eigenvalue weighted by Crippen LogP contribution is 2.34. The summed E-state index contributed by atoms with van der Waals surface area (Å²) in [6.45, 7) is 10.2. The summed E-state index contributed by atoms with van der Waals surface area (Å²) >= 11 is 0. The van der Waals surface area contributed by atoms with Crippen molar-refractivity contribution in [3.05, 3.63) is 0 Å². The van der Waals surface area contributed by atoms with Gasteiger partial charge in [0.05, 0.1) is 12.2 Å². The average molecular weight is 283 g/mol. The largest absolute Gasteiger partial charge is 0.377 e. The van der Waals surface area contributed by atoms with Crippen LogP contribution in [0.3, 0.4) is 0 Å². The molecule has 1 N–H and O–H groups in total. The van der Waals surface area contributed by atoms with E-state index < -0.39 is 0 Å². The molecule has 2 fully saturated rings. The third-order valence-corrected chi connectivity index (χ3v) is 4.46. The number of carbonyl (C=O) groups excluding carboxylic acids is 1. The molecular weight excluding hydrogens is 254 g/mol. The number of ether oxygens (including phenoxy) is 2. The molecule has 4 heteroatoms. The Morgan fingerprint density at radius 2 is 2.00 bits per heavy atom. The van der Waals surface area contributed by atoms with Crippen molar-refractivity contribution in [2.24, 2.45) is 11.3 Å². The van der Waals surface area contributed by atoms with Crippen molar-refractivity contribution in [3.63, 3.8) is 0 Å². The second kappa shape index (κ2) is 6.44. The summed E-state index contributed by atoms with van der Waals surface area (Å²) in [5, 5.41) is 3.07. The normalized spacial score (nSPS) is 34.4. The van der Waals surface area contributed by atoms with Gasteiger partial charge in [0.1, 0.15) is 6.10 Å². The molecule has 0 unspecified atom stereocenters. The van der Waals surface area contributed by atoms with Gasteiger partial charge in [-0.3, -0.25) is 4.79 Å². The number of rotatable bonds is 4. The number of nitrogens with one attached hydrogen (secondary N) is 1. The van der Waals surface area contributed by atoms with Crippen LogP contribution >= 0.6 is 0 Å². The number of carbonyl (C=O) groups is 1. The molecule has 2 rings (SSSR count). The molecule has 2 aliphatic heterocycles. The smallest absolute Gasteiger partial charge is 0.249 e. The Hall–Kier alpha value is -0.610. The van der Waals surface area contributed by atoms with Gasteiger partial charge in [-0.05, 0) is 31.1 Å². The van der Waals surface area contributed by atoms with Gasteiger partial charge in [0.2, 0.25) is 5.91 Å². The quantitative estimate of drug-likeness (QED) is 0.862. The van der Waals surface area contributed by atoms with Crippen LogP contribution in [0.4, 0.5) is 0 Å². The topological polar surface area (TPSA) is 47.6 Å². The van der Waals surface area contributed by atoms with Gasteiger partial charge in [-0.25, -0.2) is 0 Å². The van der Waals surface area contributed by atoms with Gasteiger partial charge in [0.15, 0.2) is 0 Å². The van der Waals surface area contributed by atoms with E-state index in [-0.39, 0.29) is 29.6 Å². The SMILES string of the molecule is CC[C@H]1CC[C@@H](C(=O)NC[C@H]2CCO[C@@H]2C(C)(C)C)O1. The van der Waals surface area contributed by atoms with Crippen LogP contribution in [0.5, 0.6) is 0 Å². The Bertz CT molecular complexity index is 337. The first kappa shape index (κ1) is 15.8. The predicted octanol–water partition coefficient (Wildman–Crippen LogP) is 2.51. The zero-order valence-electron chi connectivity index (χ0n) is 13.3. The molecule has 0 aromatic carbocycles. The Balaban J connectivity index is 1.79. The summed E-state index contributed by atoms with van der Waals surface area (Å²) in [5.41, 5.74) is 0.128. The van der Waals surface area contributed by atoms with Gasteiger partial charge >= 0.3 is 0 Å². The van der Waals surface area contributed by atoms with Crippen molar-refractivity contribution in [3.8, 4) is 0 Å². The maximum Gasteiger partial charge on any atom is 0.249 e. The number of hydrogen-bond donors (Lipinski definition) is 1. The Labute approximate surface area is 122 Å². The van der Waals surface area contributed by atoms with Gasteiger partial charge in [-0.2, -0.15) is 0 Å². The lowest BCUT2D eigenvalue weighted by atomic mass is 9.81. The molecule has 116 valence electrons. The van der Waals surface area contributed by atoms with E-state index in [2.05, 4.69) is 33.0 Å². The summed E-state index contributed by atoms with van der Waals surface area (Å²) in [6, 6.07) is 0. The summed E-state index contributed by atoms with van der Waals surface area (Å²) < 4.78 is 11.6. The van der Waals surface area contributed by atoms with Crippen LogP contribution in [0.15, 0.2) is 0 Å². The highest BCUT2D eigenvalue weighted by Gasteiger charge is 2.38. The summed E-state index contributed by atoms with van der Waals surface area (Å²) in [6.07, 6.45) is 4.14. The van der Waals surface area contributed by atoms with Crippen molar-refractivity contribution in [1.82, 2.24) is 5.32 Å². The van der Waals surface area contributed by atoms with Crippen LogP contribution in [0.1, 0.15) is 53.4 Å². The van der Waals surface area contributed by atoms with Gasteiger partial charge < -0.3 is 14.8 Å². The lowest BCUT2D eigenvalue weighted by molar-refractivity contribution is -0.132. The van der Waals surface area contributed by atoms with Crippen LogP contribution in [0, 0.1) is 11.3 Å². The second-order valence-corrected chi connectivity index (χ2v) is 7.18. The fourth-order valence-corrected chi connectivity index (χ4v) is 3.34. The standard InChI is InChI=1S/C16H29NO3/c1-5-12-6-7-13(20-12)15(18)17-10-11-8-9-19-14(11)16(2,3)4/h11-14H,5-10H2,1-4H3,(H,17,18)/t11-,12+,13+,14+/m1/s1. The molecule has 4 nitrogen and oxygen atoms in total. The molecule has 1 amide bonds. The van der Waals surface area contributed by atoms with Gasteiger partial charge in [-0.1, -0.05) is 27.7 Å². The maximum atomic E-state index is 12.1. The van der Waals surface area contributed by atoms with E-state index in [9.17, 15) is 4.79 Å². The average Bonchev–Trinajstić information content (AvgIpc) is 3.03. The van der Waals surface area contributed by atoms with E-state index in [4.69, 9.17) is 9.47 Å². The molecule has 4 atom stereocenters. The van der Waals surface area contributed by atoms with Crippen LogP contribution in [-0.4, -0.2) is 37.4 Å². The molecule has 2 heterocycles. The van der Waals surface area contributed by atoms with E-state index in [0.717, 1.165) is 32.3 Å². The zero-order chi connectivity index (χ0) is 14.8. The van der Waals surface area contributed by atoms with Crippen LogP contribution in [-0.2, 0) is 14.3 Å². The minimum Gasteiger partial charge on any atom is -0.377 e. The minimum atomic E-state index is -0.240. The molecule has 2 saturated heterocycles. The van der Waals surface area contributed by atoms with Gasteiger partial charge in [0, 0.05) is 19.1 Å². The molecule has 0 aromatic rings. The predicted molar refractivity (Wildman–Crippen MR) is 78.5 cm³/mol. The van der Waals surface area contributed by atoms with Crippen LogP contribution in [0.2, 0.25) is 0 Å². The first-order valence-electron chi connectivity index (χ1n) is 7.96. The van der Waals surface area contributed by atoms with Crippen LogP contribution in [0.25, 0.3) is 0 Å². The lowest BCUT2D eigenvalue weighted by Crippen LogP contribution is -2.42. The first-order chi connectivity index (χ1) is 9.41. The Morgan fingerprint density at radius 3 is 2.60 bits per heavy atom. The Kier molecular flexibility index (Phi) is 5.08. The Morgan fingerprint density at radius 1 is 1.25 bits per heavy atom. The summed E-state index contributed by atoms with van der Waals surface area (Å²) in [7, 11) is 0. The molecule has 0 aliphatic carbocycles. The third kappa shape index (κ3) is 3.73. The van der Waals surface area contributed by atoms with Gasteiger partial charge in [0.25, 0.3) is 0 Å². The highest BCUT2D eigenvalue weighted by molar-refractivity contribution is 5.81. The lowest BCUT2D eigenvalue weighted by Gasteiger charge is -2.31. The molecule has 0 saturated carbocycles. The molecule has 0 aromatic heterocycles. The van der Waals surface area contributed by atoms with E-state index in [1.807, 2.05) is 0 Å². The van der Waals surface area contributed by atoms with E-state index in [1.54, 1.807) is 0 Å². The fraction of sp³-hybridized carbons (Fsp3) is 0.938. The van der Waals surface area contributed by atoms with Crippen molar-refractivity contribution >= 4 is 5.91 Å². The maximum absolute atomic E-state index is 12.1. The van der Waals surface area contributed by atoms with Gasteiger partial charge in [-0.15, -0.1) is 0 Å². The molecule has 0 bridgehead atoms.